The molecule has 9 heteroatoms. The van der Waals surface area contributed by atoms with E-state index < -0.39 is 0 Å². The Balaban J connectivity index is 1.54. The maximum atomic E-state index is 12.8. The molecule has 0 aliphatic heterocycles. The van der Waals surface area contributed by atoms with Crippen molar-refractivity contribution >= 4 is 45.5 Å². The van der Waals surface area contributed by atoms with E-state index in [-0.39, 0.29) is 24.1 Å². The van der Waals surface area contributed by atoms with Crippen molar-refractivity contribution in [3.05, 3.63) is 68.9 Å². The maximum absolute atomic E-state index is 12.8. The maximum Gasteiger partial charge on any atom is 0.253 e. The fourth-order valence-corrected chi connectivity index (χ4v) is 4.48. The van der Waals surface area contributed by atoms with Crippen LogP contribution in [0.25, 0.3) is 0 Å². The molecule has 1 N–H and O–H groups in total. The highest BCUT2D eigenvalue weighted by atomic mass is 32.1. The van der Waals surface area contributed by atoms with Crippen LogP contribution in [0.3, 0.4) is 0 Å². The third-order valence-corrected chi connectivity index (χ3v) is 6.44. The van der Waals surface area contributed by atoms with Gasteiger partial charge in [-0.2, -0.15) is 0 Å². The average Bonchev–Trinajstić information content (AvgIpc) is 3.43. The van der Waals surface area contributed by atoms with Crippen LogP contribution in [0.2, 0.25) is 0 Å². The second-order valence-corrected chi connectivity index (χ2v) is 9.32. The predicted molar refractivity (Wildman–Crippen MR) is 128 cm³/mol. The smallest absolute Gasteiger partial charge is 0.253 e. The van der Waals surface area contributed by atoms with E-state index in [1.165, 1.54) is 27.6 Å². The van der Waals surface area contributed by atoms with Crippen molar-refractivity contribution in [2.24, 2.45) is 0 Å². The van der Waals surface area contributed by atoms with Gasteiger partial charge >= 0.3 is 0 Å². The first-order valence-corrected chi connectivity index (χ1v) is 12.0. The zero-order chi connectivity index (χ0) is 23.1. The summed E-state index contributed by atoms with van der Waals surface area (Å²) in [5.74, 6) is -0.212. The molecule has 3 amide bonds. The molecule has 2 heterocycles. The Kier molecular flexibility index (Phi) is 8.13. The van der Waals surface area contributed by atoms with Crippen LogP contribution in [0.4, 0.5) is 5.13 Å². The van der Waals surface area contributed by atoms with E-state index >= 15 is 0 Å². The summed E-state index contributed by atoms with van der Waals surface area (Å²) < 4.78 is 0. The SMILES string of the molecule is CCN(Cc1ccc(C(=O)N(C)C)cc1)C(=O)Cc1csc(NC(=O)Cc2cccs2)n1. The number of carbonyl (C=O) groups is 3. The van der Waals surface area contributed by atoms with Gasteiger partial charge in [0.1, 0.15) is 0 Å². The molecule has 0 bridgehead atoms. The number of hydrogen-bond acceptors (Lipinski definition) is 6. The van der Waals surface area contributed by atoms with Gasteiger partial charge in [0.25, 0.3) is 5.91 Å². The second kappa shape index (κ2) is 11.0. The van der Waals surface area contributed by atoms with Crippen molar-refractivity contribution in [1.82, 2.24) is 14.8 Å². The summed E-state index contributed by atoms with van der Waals surface area (Å²) in [4.78, 5) is 45.6. The fourth-order valence-electron chi connectivity index (χ4n) is 3.05. The van der Waals surface area contributed by atoms with Crippen LogP contribution in [0.15, 0.2) is 47.2 Å². The third-order valence-electron chi connectivity index (χ3n) is 4.76. The van der Waals surface area contributed by atoms with Gasteiger partial charge in [0, 0.05) is 43.0 Å². The summed E-state index contributed by atoms with van der Waals surface area (Å²) in [7, 11) is 3.43. The van der Waals surface area contributed by atoms with Crippen LogP contribution in [-0.2, 0) is 29.0 Å². The lowest BCUT2D eigenvalue weighted by Gasteiger charge is -2.21. The zero-order valence-electron chi connectivity index (χ0n) is 18.3. The van der Waals surface area contributed by atoms with E-state index in [4.69, 9.17) is 0 Å². The standard InChI is InChI=1S/C23H26N4O3S2/c1-4-27(14-16-7-9-17(10-8-16)22(30)26(2)3)21(29)12-18-15-32-23(24-18)25-20(28)13-19-6-5-11-31-19/h5-11,15H,4,12-14H2,1-3H3,(H,24,25,28). The van der Waals surface area contributed by atoms with Gasteiger partial charge < -0.3 is 15.1 Å². The lowest BCUT2D eigenvalue weighted by molar-refractivity contribution is -0.130. The number of amides is 3. The summed E-state index contributed by atoms with van der Waals surface area (Å²) in [6.07, 6.45) is 0.483. The predicted octanol–water partition coefficient (Wildman–Crippen LogP) is 3.68. The summed E-state index contributed by atoms with van der Waals surface area (Å²) >= 11 is 2.85. The molecule has 0 fully saturated rings. The van der Waals surface area contributed by atoms with Crippen molar-refractivity contribution in [2.75, 3.05) is 26.0 Å². The van der Waals surface area contributed by atoms with Crippen LogP contribution in [0.5, 0.6) is 0 Å². The Labute approximate surface area is 195 Å². The van der Waals surface area contributed by atoms with Gasteiger partial charge in [-0.25, -0.2) is 4.98 Å². The van der Waals surface area contributed by atoms with E-state index in [1.54, 1.807) is 36.5 Å². The number of hydrogen-bond donors (Lipinski definition) is 1. The first-order chi connectivity index (χ1) is 15.4. The number of nitrogens with one attached hydrogen (secondary N) is 1. The van der Waals surface area contributed by atoms with Gasteiger partial charge in [0.15, 0.2) is 5.13 Å². The number of thiophene rings is 1. The Morgan fingerprint density at radius 3 is 2.41 bits per heavy atom. The molecule has 0 saturated heterocycles. The molecular formula is C23H26N4O3S2. The molecule has 7 nitrogen and oxygen atoms in total. The first kappa shape index (κ1) is 23.6. The Bertz CT molecular complexity index is 1060. The van der Waals surface area contributed by atoms with E-state index in [0.717, 1.165) is 10.4 Å². The fraction of sp³-hybridized carbons (Fsp3) is 0.304. The van der Waals surface area contributed by atoms with Crippen molar-refractivity contribution in [1.29, 1.82) is 0 Å². The quantitative estimate of drug-likeness (QED) is 0.517. The van der Waals surface area contributed by atoms with Crippen LogP contribution in [0, 0.1) is 0 Å². The lowest BCUT2D eigenvalue weighted by atomic mass is 10.1. The normalized spacial score (nSPS) is 10.6. The molecule has 0 aliphatic carbocycles. The van der Waals surface area contributed by atoms with Gasteiger partial charge in [-0.3, -0.25) is 14.4 Å². The zero-order valence-corrected chi connectivity index (χ0v) is 20.0. The van der Waals surface area contributed by atoms with Crippen molar-refractivity contribution in [3.63, 3.8) is 0 Å². The molecule has 32 heavy (non-hydrogen) atoms. The number of rotatable bonds is 9. The van der Waals surface area contributed by atoms with Gasteiger partial charge in [0.05, 0.1) is 18.5 Å². The number of aromatic nitrogens is 1. The Hall–Kier alpha value is -3.04. The number of benzene rings is 1. The molecular weight excluding hydrogens is 444 g/mol. The monoisotopic (exact) mass is 470 g/mol. The Morgan fingerprint density at radius 1 is 1.03 bits per heavy atom. The topological polar surface area (TPSA) is 82.6 Å². The second-order valence-electron chi connectivity index (χ2n) is 7.43. The summed E-state index contributed by atoms with van der Waals surface area (Å²) in [6.45, 7) is 2.95. The minimum atomic E-state index is -0.119. The van der Waals surface area contributed by atoms with Gasteiger partial charge in [-0.15, -0.1) is 22.7 Å². The average molecular weight is 471 g/mol. The number of anilines is 1. The van der Waals surface area contributed by atoms with Crippen molar-refractivity contribution < 1.29 is 14.4 Å². The molecule has 2 aromatic heterocycles. The summed E-state index contributed by atoms with van der Waals surface area (Å²) in [6, 6.07) is 11.1. The minimum Gasteiger partial charge on any atom is -0.345 e. The van der Waals surface area contributed by atoms with Crippen LogP contribution >= 0.6 is 22.7 Å². The first-order valence-electron chi connectivity index (χ1n) is 10.2. The number of thiazole rings is 1. The molecule has 0 atom stereocenters. The van der Waals surface area contributed by atoms with Crippen LogP contribution < -0.4 is 5.32 Å². The molecule has 0 radical (unpaired) electrons. The summed E-state index contributed by atoms with van der Waals surface area (Å²) in [5.41, 5.74) is 2.20. The van der Waals surface area contributed by atoms with Crippen molar-refractivity contribution in [2.45, 2.75) is 26.3 Å². The van der Waals surface area contributed by atoms with E-state index in [1.807, 2.05) is 36.6 Å². The molecule has 1 aromatic carbocycles. The summed E-state index contributed by atoms with van der Waals surface area (Å²) in [5, 5.41) is 7.03. The molecule has 3 rings (SSSR count). The largest absolute Gasteiger partial charge is 0.345 e. The van der Waals surface area contributed by atoms with Crippen molar-refractivity contribution in [3.8, 4) is 0 Å². The number of nitrogens with zero attached hydrogens (tertiary/aromatic N) is 3. The third kappa shape index (κ3) is 6.48. The van der Waals surface area contributed by atoms with Gasteiger partial charge in [0.2, 0.25) is 11.8 Å². The van der Waals surface area contributed by atoms with E-state index in [0.29, 0.717) is 35.9 Å². The molecule has 0 spiro atoms. The highest BCUT2D eigenvalue weighted by Gasteiger charge is 2.16. The Morgan fingerprint density at radius 2 is 1.78 bits per heavy atom. The highest BCUT2D eigenvalue weighted by Crippen LogP contribution is 2.18. The highest BCUT2D eigenvalue weighted by molar-refractivity contribution is 7.14. The minimum absolute atomic E-state index is 0.0392. The number of carbonyl (C=O) groups excluding carboxylic acids is 3. The molecule has 0 unspecified atom stereocenters. The van der Waals surface area contributed by atoms with Crippen LogP contribution in [0.1, 0.15) is 33.4 Å². The number of likely N-dealkylation sites (N-methyl/N-ethyl adjacent to an activating group) is 1. The van der Waals surface area contributed by atoms with E-state index in [2.05, 4.69) is 10.3 Å². The van der Waals surface area contributed by atoms with E-state index in [9.17, 15) is 14.4 Å². The van der Waals surface area contributed by atoms with Crippen LogP contribution in [-0.4, -0.2) is 53.1 Å². The molecule has 0 saturated carbocycles. The van der Waals surface area contributed by atoms with Gasteiger partial charge in [-0.1, -0.05) is 18.2 Å². The van der Waals surface area contributed by atoms with Gasteiger partial charge in [-0.05, 0) is 36.1 Å². The molecule has 3 aromatic rings. The molecule has 0 aliphatic rings. The lowest BCUT2D eigenvalue weighted by Crippen LogP contribution is -2.31. The molecule has 168 valence electrons.